The minimum Gasteiger partial charge on any atom is -0.339 e. The Kier molecular flexibility index (Phi) is 5.29. The number of hydrogen-bond acceptors (Lipinski definition) is 4. The van der Waals surface area contributed by atoms with E-state index in [0.29, 0.717) is 43.7 Å². The smallest absolute Gasteiger partial charge is 0.243 e. The summed E-state index contributed by atoms with van der Waals surface area (Å²) in [7, 11) is -3.55. The number of hydrogen-bond donors (Lipinski definition) is 0. The average molecular weight is 428 g/mol. The van der Waals surface area contributed by atoms with Gasteiger partial charge in [-0.15, -0.1) is 0 Å². The van der Waals surface area contributed by atoms with Crippen LogP contribution in [0.5, 0.6) is 0 Å². The first-order chi connectivity index (χ1) is 14.5. The Labute approximate surface area is 178 Å². The molecule has 0 atom stereocenters. The van der Waals surface area contributed by atoms with Crippen LogP contribution in [0.2, 0.25) is 0 Å². The zero-order chi connectivity index (χ0) is 20.7. The molecule has 0 radical (unpaired) electrons. The second kappa shape index (κ2) is 7.94. The van der Waals surface area contributed by atoms with Gasteiger partial charge in [-0.05, 0) is 54.5 Å². The molecule has 5 rings (SSSR count). The summed E-state index contributed by atoms with van der Waals surface area (Å²) in [6.45, 7) is 3.17. The standard InChI is InChI=1S/C23H29N3O3S/c27-23(17-25(21-8-9-21)16-18-5-6-18)24-11-13-26(14-12-24)30(28,29)22-10-7-19-3-1-2-4-20(19)15-22/h1-4,7,10,15,18,21H,5-6,8-9,11-14,16-17H2. The molecule has 1 saturated heterocycles. The van der Waals surface area contributed by atoms with Crippen molar-refractivity contribution in [2.45, 2.75) is 36.6 Å². The molecule has 6 nitrogen and oxygen atoms in total. The number of amides is 1. The lowest BCUT2D eigenvalue weighted by atomic mass is 10.1. The van der Waals surface area contributed by atoms with E-state index in [1.165, 1.54) is 30.0 Å². The fourth-order valence-electron chi connectivity index (χ4n) is 4.34. The van der Waals surface area contributed by atoms with Crippen molar-refractivity contribution >= 4 is 26.7 Å². The molecule has 0 unspecified atom stereocenters. The zero-order valence-electron chi connectivity index (χ0n) is 17.2. The van der Waals surface area contributed by atoms with Gasteiger partial charge in [0.2, 0.25) is 15.9 Å². The molecule has 30 heavy (non-hydrogen) atoms. The first-order valence-electron chi connectivity index (χ1n) is 11.0. The summed E-state index contributed by atoms with van der Waals surface area (Å²) >= 11 is 0. The number of nitrogens with zero attached hydrogens (tertiary/aromatic N) is 3. The van der Waals surface area contributed by atoms with E-state index in [-0.39, 0.29) is 5.91 Å². The van der Waals surface area contributed by atoms with E-state index >= 15 is 0 Å². The lowest BCUT2D eigenvalue weighted by Gasteiger charge is -2.35. The van der Waals surface area contributed by atoms with Gasteiger partial charge in [-0.1, -0.05) is 30.3 Å². The fraction of sp³-hybridized carbons (Fsp3) is 0.522. The van der Waals surface area contributed by atoms with Crippen LogP contribution in [0.25, 0.3) is 10.8 Å². The van der Waals surface area contributed by atoms with Crippen LogP contribution >= 0.6 is 0 Å². The molecular formula is C23H29N3O3S. The summed E-state index contributed by atoms with van der Waals surface area (Å²) in [6.07, 6.45) is 5.00. The minimum atomic E-state index is -3.55. The number of fused-ring (bicyclic) bond motifs is 1. The average Bonchev–Trinajstić information content (AvgIpc) is 3.67. The maximum absolute atomic E-state index is 13.1. The highest BCUT2D eigenvalue weighted by Crippen LogP contribution is 2.34. The molecule has 2 aliphatic carbocycles. The van der Waals surface area contributed by atoms with Crippen molar-refractivity contribution in [3.8, 4) is 0 Å². The number of carbonyl (C=O) groups is 1. The number of benzene rings is 2. The Bertz CT molecular complexity index is 1040. The van der Waals surface area contributed by atoms with Gasteiger partial charge >= 0.3 is 0 Å². The van der Waals surface area contributed by atoms with Crippen molar-refractivity contribution in [3.63, 3.8) is 0 Å². The van der Waals surface area contributed by atoms with E-state index in [1.54, 1.807) is 12.1 Å². The van der Waals surface area contributed by atoms with Crippen molar-refractivity contribution in [2.24, 2.45) is 5.92 Å². The van der Waals surface area contributed by atoms with E-state index < -0.39 is 10.0 Å². The fourth-order valence-corrected chi connectivity index (χ4v) is 5.80. The molecule has 0 bridgehead atoms. The van der Waals surface area contributed by atoms with Crippen LogP contribution in [-0.4, -0.2) is 73.7 Å². The lowest BCUT2D eigenvalue weighted by Crippen LogP contribution is -2.52. The minimum absolute atomic E-state index is 0.144. The molecule has 1 aliphatic heterocycles. The van der Waals surface area contributed by atoms with Gasteiger partial charge in [0.1, 0.15) is 0 Å². The largest absolute Gasteiger partial charge is 0.339 e. The molecule has 3 aliphatic rings. The summed E-state index contributed by atoms with van der Waals surface area (Å²) in [5.41, 5.74) is 0. The maximum Gasteiger partial charge on any atom is 0.243 e. The van der Waals surface area contributed by atoms with Gasteiger partial charge in [0.05, 0.1) is 11.4 Å². The van der Waals surface area contributed by atoms with Crippen LogP contribution in [0.15, 0.2) is 47.4 Å². The Morgan fingerprint density at radius 1 is 0.933 bits per heavy atom. The highest BCUT2D eigenvalue weighted by Gasteiger charge is 2.36. The number of sulfonamides is 1. The third-order valence-electron chi connectivity index (χ3n) is 6.54. The predicted molar refractivity (Wildman–Crippen MR) is 117 cm³/mol. The Morgan fingerprint density at radius 2 is 1.63 bits per heavy atom. The van der Waals surface area contributed by atoms with Crippen molar-refractivity contribution in [3.05, 3.63) is 42.5 Å². The molecule has 2 saturated carbocycles. The van der Waals surface area contributed by atoms with Crippen molar-refractivity contribution in [2.75, 3.05) is 39.3 Å². The molecule has 3 fully saturated rings. The van der Waals surface area contributed by atoms with Crippen LogP contribution in [0.4, 0.5) is 0 Å². The Balaban J connectivity index is 1.21. The third-order valence-corrected chi connectivity index (χ3v) is 8.44. The zero-order valence-corrected chi connectivity index (χ0v) is 18.1. The second-order valence-corrected chi connectivity index (χ2v) is 10.8. The molecule has 160 valence electrons. The Hall–Kier alpha value is -1.96. The van der Waals surface area contributed by atoms with Gasteiger partial charge in [-0.2, -0.15) is 4.31 Å². The normalized spacial score (nSPS) is 20.8. The maximum atomic E-state index is 13.1. The van der Waals surface area contributed by atoms with E-state index in [9.17, 15) is 13.2 Å². The van der Waals surface area contributed by atoms with Crippen molar-refractivity contribution in [1.82, 2.24) is 14.1 Å². The van der Waals surface area contributed by atoms with Gasteiger partial charge in [0.25, 0.3) is 0 Å². The SMILES string of the molecule is O=C(CN(CC1CC1)C1CC1)N1CCN(S(=O)(=O)c2ccc3ccccc3c2)CC1. The predicted octanol–water partition coefficient (Wildman–Crippen LogP) is 2.55. The van der Waals surface area contributed by atoms with Gasteiger partial charge in [0.15, 0.2) is 0 Å². The van der Waals surface area contributed by atoms with Gasteiger partial charge in [-0.25, -0.2) is 8.42 Å². The van der Waals surface area contributed by atoms with Gasteiger partial charge in [-0.3, -0.25) is 9.69 Å². The number of rotatable bonds is 7. The summed E-state index contributed by atoms with van der Waals surface area (Å²) in [4.78, 5) is 17.4. The molecule has 2 aromatic carbocycles. The van der Waals surface area contributed by atoms with Crippen molar-refractivity contribution < 1.29 is 13.2 Å². The van der Waals surface area contributed by atoms with Gasteiger partial charge < -0.3 is 4.90 Å². The monoisotopic (exact) mass is 427 g/mol. The Morgan fingerprint density at radius 3 is 2.30 bits per heavy atom. The van der Waals surface area contributed by atoms with E-state index in [1.807, 2.05) is 35.2 Å². The second-order valence-electron chi connectivity index (χ2n) is 8.90. The molecule has 2 aromatic rings. The first-order valence-corrected chi connectivity index (χ1v) is 12.5. The highest BCUT2D eigenvalue weighted by molar-refractivity contribution is 7.89. The quantitative estimate of drug-likeness (QED) is 0.681. The van der Waals surface area contributed by atoms with Crippen LogP contribution in [-0.2, 0) is 14.8 Å². The number of carbonyl (C=O) groups excluding carboxylic acids is 1. The summed E-state index contributed by atoms with van der Waals surface area (Å²) < 4.78 is 27.8. The van der Waals surface area contributed by atoms with E-state index in [0.717, 1.165) is 23.2 Å². The van der Waals surface area contributed by atoms with Crippen LogP contribution < -0.4 is 0 Å². The summed E-state index contributed by atoms with van der Waals surface area (Å²) in [5.74, 6) is 0.924. The van der Waals surface area contributed by atoms with Crippen LogP contribution in [0.1, 0.15) is 25.7 Å². The van der Waals surface area contributed by atoms with Crippen molar-refractivity contribution in [1.29, 1.82) is 0 Å². The third kappa shape index (κ3) is 4.24. The van der Waals surface area contributed by atoms with Gasteiger partial charge in [0, 0.05) is 38.8 Å². The summed E-state index contributed by atoms with van der Waals surface area (Å²) in [5, 5.41) is 1.95. The molecule has 7 heteroatoms. The van der Waals surface area contributed by atoms with Crippen LogP contribution in [0, 0.1) is 5.92 Å². The number of piperazine rings is 1. The first kappa shape index (κ1) is 20.0. The molecule has 0 aromatic heterocycles. The molecule has 0 N–H and O–H groups in total. The topological polar surface area (TPSA) is 60.9 Å². The van der Waals surface area contributed by atoms with E-state index in [2.05, 4.69) is 4.90 Å². The molecule has 1 heterocycles. The molecule has 1 amide bonds. The highest BCUT2D eigenvalue weighted by atomic mass is 32.2. The molecular weight excluding hydrogens is 398 g/mol. The van der Waals surface area contributed by atoms with Crippen LogP contribution in [0.3, 0.4) is 0 Å². The molecule has 0 spiro atoms. The summed E-state index contributed by atoms with van der Waals surface area (Å²) in [6, 6.07) is 13.6. The lowest BCUT2D eigenvalue weighted by molar-refractivity contribution is -0.133. The van der Waals surface area contributed by atoms with E-state index in [4.69, 9.17) is 0 Å².